The number of nitrogens with zero attached hydrogens (tertiary/aromatic N) is 2. The van der Waals surface area contributed by atoms with E-state index in [0.717, 1.165) is 6.21 Å². The van der Waals surface area contributed by atoms with E-state index in [4.69, 9.17) is 11.1 Å². The number of hydrogen-bond acceptors (Lipinski definition) is 4. The summed E-state index contributed by atoms with van der Waals surface area (Å²) in [5, 5.41) is 13.7. The zero-order chi connectivity index (χ0) is 6.69. The van der Waals surface area contributed by atoms with E-state index in [1.54, 1.807) is 0 Å². The molecule has 4 heteroatoms. The van der Waals surface area contributed by atoms with Crippen LogP contribution in [0.1, 0.15) is 0 Å². The molecule has 1 aliphatic rings. The molecule has 1 rings (SSSR count). The Morgan fingerprint density at radius 3 is 2.89 bits per heavy atom. The van der Waals surface area contributed by atoms with Gasteiger partial charge in [0.25, 0.3) is 0 Å². The minimum atomic E-state index is 0.374. The van der Waals surface area contributed by atoms with Crippen molar-refractivity contribution in [1.29, 1.82) is 5.41 Å². The Morgan fingerprint density at radius 1 is 1.67 bits per heavy atom. The smallest absolute Gasteiger partial charge is 0.154 e. The van der Waals surface area contributed by atoms with Crippen molar-refractivity contribution in [1.82, 2.24) is 0 Å². The number of hydrogen-bond donors (Lipinski definition) is 2. The van der Waals surface area contributed by atoms with Gasteiger partial charge in [0.05, 0.1) is 6.21 Å². The van der Waals surface area contributed by atoms with Crippen LogP contribution in [-0.4, -0.2) is 18.3 Å². The lowest BCUT2D eigenvalue weighted by molar-refractivity contribution is 1.27. The van der Waals surface area contributed by atoms with Gasteiger partial charge in [-0.15, -0.1) is 5.10 Å². The van der Waals surface area contributed by atoms with E-state index in [1.165, 1.54) is 12.3 Å². The molecule has 9 heavy (non-hydrogen) atoms. The largest absolute Gasteiger partial charge is 0.382 e. The first-order valence-electron chi connectivity index (χ1n) is 2.42. The third-order valence-corrected chi connectivity index (χ3v) is 0.921. The average Bonchev–Trinajstić information content (AvgIpc) is 2.18. The van der Waals surface area contributed by atoms with Gasteiger partial charge in [0.1, 0.15) is 0 Å². The fourth-order valence-electron chi connectivity index (χ4n) is 0.495. The van der Waals surface area contributed by atoms with Gasteiger partial charge >= 0.3 is 0 Å². The van der Waals surface area contributed by atoms with E-state index >= 15 is 0 Å². The highest BCUT2D eigenvalue weighted by Gasteiger charge is 2.02. The first-order valence-corrected chi connectivity index (χ1v) is 2.42. The van der Waals surface area contributed by atoms with E-state index in [2.05, 4.69) is 10.2 Å². The Kier molecular flexibility index (Phi) is 1.40. The summed E-state index contributed by atoms with van der Waals surface area (Å²) in [6, 6.07) is 0. The Labute approximate surface area is 52.3 Å². The van der Waals surface area contributed by atoms with Crippen LogP contribution in [-0.2, 0) is 0 Å². The molecule has 0 aromatic heterocycles. The van der Waals surface area contributed by atoms with E-state index in [-0.39, 0.29) is 0 Å². The normalized spacial score (nSPS) is 20.4. The first kappa shape index (κ1) is 5.68. The Hall–Kier alpha value is -1.45. The molecule has 0 spiro atoms. The van der Waals surface area contributed by atoms with Gasteiger partial charge in [-0.25, -0.2) is 0 Å². The lowest BCUT2D eigenvalue weighted by Crippen LogP contribution is -2.11. The van der Waals surface area contributed by atoms with Crippen molar-refractivity contribution >= 4 is 18.3 Å². The van der Waals surface area contributed by atoms with Gasteiger partial charge in [0.15, 0.2) is 5.84 Å². The highest BCUT2D eigenvalue weighted by molar-refractivity contribution is 6.18. The predicted octanol–water partition coefficient (Wildman–Crippen LogP) is -0.0810. The molecule has 4 nitrogen and oxygen atoms in total. The molecule has 0 aromatic carbocycles. The van der Waals surface area contributed by atoms with Gasteiger partial charge in [0.2, 0.25) is 0 Å². The average molecular weight is 122 g/mol. The van der Waals surface area contributed by atoms with Gasteiger partial charge in [-0.2, -0.15) is 5.10 Å². The third-order valence-electron chi connectivity index (χ3n) is 0.921. The molecule has 0 saturated carbocycles. The van der Waals surface area contributed by atoms with Gasteiger partial charge in [-0.05, 0) is 6.08 Å². The molecule has 0 aliphatic carbocycles. The molecule has 0 unspecified atom stereocenters. The van der Waals surface area contributed by atoms with Crippen molar-refractivity contribution in [3.8, 4) is 0 Å². The van der Waals surface area contributed by atoms with Crippen LogP contribution in [0.25, 0.3) is 0 Å². The quantitative estimate of drug-likeness (QED) is 0.469. The van der Waals surface area contributed by atoms with Crippen LogP contribution in [0, 0.1) is 5.41 Å². The number of nitrogens with two attached hydrogens (primary N) is 1. The summed E-state index contributed by atoms with van der Waals surface area (Å²) in [6.45, 7) is 0. The van der Waals surface area contributed by atoms with Crippen molar-refractivity contribution in [2.24, 2.45) is 15.9 Å². The van der Waals surface area contributed by atoms with E-state index in [0.29, 0.717) is 11.4 Å². The molecule has 0 amide bonds. The molecule has 0 saturated heterocycles. The zero-order valence-corrected chi connectivity index (χ0v) is 4.70. The molecule has 1 heterocycles. The molecule has 0 fully saturated rings. The second kappa shape index (κ2) is 2.21. The summed E-state index contributed by atoms with van der Waals surface area (Å²) in [5.74, 6) is 0.374. The van der Waals surface area contributed by atoms with Crippen LogP contribution in [0.2, 0.25) is 0 Å². The fraction of sp³-hybridized carbons (Fsp3) is 0. The summed E-state index contributed by atoms with van der Waals surface area (Å²) in [7, 11) is 0. The van der Waals surface area contributed by atoms with Crippen molar-refractivity contribution in [2.45, 2.75) is 0 Å². The monoisotopic (exact) mass is 122 g/mol. The van der Waals surface area contributed by atoms with Crippen LogP contribution in [0.15, 0.2) is 21.9 Å². The molecule has 0 atom stereocenters. The highest BCUT2D eigenvalue weighted by Crippen LogP contribution is 1.96. The number of amidine groups is 1. The van der Waals surface area contributed by atoms with Crippen LogP contribution in [0.3, 0.4) is 0 Å². The van der Waals surface area contributed by atoms with Gasteiger partial charge in [-0.3, -0.25) is 0 Å². The summed E-state index contributed by atoms with van der Waals surface area (Å²) < 4.78 is 0. The third kappa shape index (κ3) is 1.02. The fourth-order valence-corrected chi connectivity index (χ4v) is 0.495. The second-order valence-corrected chi connectivity index (χ2v) is 1.52. The first-order chi connectivity index (χ1) is 4.34. The van der Waals surface area contributed by atoms with Crippen LogP contribution in [0.4, 0.5) is 0 Å². The van der Waals surface area contributed by atoms with Crippen molar-refractivity contribution in [3.63, 3.8) is 0 Å². The maximum atomic E-state index is 6.68. The van der Waals surface area contributed by atoms with Crippen LogP contribution >= 0.6 is 0 Å². The molecule has 46 valence electrons. The van der Waals surface area contributed by atoms with Crippen molar-refractivity contribution < 1.29 is 0 Å². The number of allylic oxidation sites excluding steroid dienone is 1. The Balaban J connectivity index is 2.85. The van der Waals surface area contributed by atoms with E-state index in [9.17, 15) is 0 Å². The topological polar surface area (TPSA) is 74.6 Å². The molecule has 1 aliphatic heterocycles. The Bertz CT molecular complexity index is 211. The molecule has 0 bridgehead atoms. The van der Waals surface area contributed by atoms with Gasteiger partial charge in [0, 0.05) is 11.8 Å². The lowest BCUT2D eigenvalue weighted by atomic mass is 10.3. The SMILES string of the molecule is N=C/C=C1/C=NN=C1N. The maximum Gasteiger partial charge on any atom is 0.154 e. The predicted molar refractivity (Wildman–Crippen MR) is 37.0 cm³/mol. The lowest BCUT2D eigenvalue weighted by Gasteiger charge is -1.86. The number of nitrogens with one attached hydrogen (secondary N) is 1. The minimum Gasteiger partial charge on any atom is -0.382 e. The second-order valence-electron chi connectivity index (χ2n) is 1.52. The molecule has 3 N–H and O–H groups in total. The number of rotatable bonds is 1. The van der Waals surface area contributed by atoms with E-state index in [1.807, 2.05) is 0 Å². The van der Waals surface area contributed by atoms with Gasteiger partial charge < -0.3 is 11.1 Å². The molecular formula is C5H6N4. The zero-order valence-electron chi connectivity index (χ0n) is 4.70. The summed E-state index contributed by atoms with van der Waals surface area (Å²) in [6.07, 6.45) is 4.20. The summed E-state index contributed by atoms with van der Waals surface area (Å²) >= 11 is 0. The molecular weight excluding hydrogens is 116 g/mol. The van der Waals surface area contributed by atoms with E-state index < -0.39 is 0 Å². The van der Waals surface area contributed by atoms with Crippen LogP contribution in [0.5, 0.6) is 0 Å². The highest BCUT2D eigenvalue weighted by atomic mass is 15.2. The molecule has 0 radical (unpaired) electrons. The van der Waals surface area contributed by atoms with Crippen molar-refractivity contribution in [2.75, 3.05) is 0 Å². The maximum absolute atomic E-state index is 6.68. The standard InChI is InChI=1S/C5H6N4/c6-2-1-4-3-8-9-5(4)7/h1-3,6H,(H2,7,9)/b4-1-,6-2?. The minimum absolute atomic E-state index is 0.374. The van der Waals surface area contributed by atoms with Crippen molar-refractivity contribution in [3.05, 3.63) is 11.6 Å². The van der Waals surface area contributed by atoms with Gasteiger partial charge in [-0.1, -0.05) is 0 Å². The summed E-state index contributed by atoms with van der Waals surface area (Å²) in [4.78, 5) is 0. The Morgan fingerprint density at radius 2 is 2.44 bits per heavy atom. The molecule has 0 aromatic rings. The van der Waals surface area contributed by atoms with Crippen LogP contribution < -0.4 is 5.73 Å². The summed E-state index contributed by atoms with van der Waals surface area (Å²) in [5.41, 5.74) is 6.02.